The van der Waals surface area contributed by atoms with E-state index >= 15 is 0 Å². The number of amides is 2. The molecular formula is C23H28N2O3. The third-order valence-electron chi connectivity index (χ3n) is 4.91. The predicted molar refractivity (Wildman–Crippen MR) is 109 cm³/mol. The number of aryl methyl sites for hydroxylation is 1. The summed E-state index contributed by atoms with van der Waals surface area (Å²) in [5.41, 5.74) is 2.01. The Morgan fingerprint density at radius 1 is 1.14 bits per heavy atom. The molecule has 0 radical (unpaired) electrons. The summed E-state index contributed by atoms with van der Waals surface area (Å²) in [5, 5.41) is 2.98. The molecule has 5 heteroatoms. The number of rotatable bonds is 8. The molecule has 0 aliphatic carbocycles. The van der Waals surface area contributed by atoms with Gasteiger partial charge in [-0.05, 0) is 49.4 Å². The van der Waals surface area contributed by atoms with E-state index in [0.29, 0.717) is 32.5 Å². The molecule has 1 saturated heterocycles. The molecule has 3 rings (SSSR count). The van der Waals surface area contributed by atoms with Crippen molar-refractivity contribution in [2.24, 2.45) is 0 Å². The molecule has 28 heavy (non-hydrogen) atoms. The van der Waals surface area contributed by atoms with Crippen LogP contribution in [0.25, 0.3) is 0 Å². The van der Waals surface area contributed by atoms with E-state index in [-0.39, 0.29) is 11.8 Å². The van der Waals surface area contributed by atoms with Crippen LogP contribution in [0.15, 0.2) is 54.6 Å². The highest BCUT2D eigenvalue weighted by Gasteiger charge is 2.32. The van der Waals surface area contributed by atoms with Crippen LogP contribution in [-0.4, -0.2) is 36.4 Å². The molecule has 1 atom stereocenters. The van der Waals surface area contributed by atoms with E-state index in [9.17, 15) is 9.59 Å². The van der Waals surface area contributed by atoms with Crippen LogP contribution in [-0.2, 0) is 9.59 Å². The number of ether oxygens (including phenoxy) is 1. The molecule has 1 unspecified atom stereocenters. The average molecular weight is 380 g/mol. The number of hydrogen-bond acceptors (Lipinski definition) is 3. The molecule has 1 aliphatic heterocycles. The van der Waals surface area contributed by atoms with Crippen LogP contribution in [0.4, 0.5) is 0 Å². The van der Waals surface area contributed by atoms with Crippen molar-refractivity contribution >= 4 is 11.8 Å². The number of carbonyl (C=O) groups is 2. The van der Waals surface area contributed by atoms with E-state index in [4.69, 9.17) is 4.74 Å². The van der Waals surface area contributed by atoms with Crippen LogP contribution < -0.4 is 10.1 Å². The van der Waals surface area contributed by atoms with Gasteiger partial charge in [0.2, 0.25) is 11.8 Å². The Balaban J connectivity index is 1.55. The van der Waals surface area contributed by atoms with Gasteiger partial charge in [-0.1, -0.05) is 42.5 Å². The Morgan fingerprint density at radius 2 is 1.96 bits per heavy atom. The fourth-order valence-electron chi connectivity index (χ4n) is 3.48. The summed E-state index contributed by atoms with van der Waals surface area (Å²) >= 11 is 0. The van der Waals surface area contributed by atoms with Crippen LogP contribution in [0.2, 0.25) is 0 Å². The number of nitrogens with zero attached hydrogens (tertiary/aromatic N) is 1. The number of benzene rings is 2. The SMILES string of the molecule is Cc1cccc(OCCCNC(=O)C(c2ccccc2)N2CCCCC2=O)c1. The number of likely N-dealkylation sites (tertiary alicyclic amines) is 1. The molecule has 2 aromatic carbocycles. The van der Waals surface area contributed by atoms with Crippen molar-refractivity contribution in [2.45, 2.75) is 38.6 Å². The van der Waals surface area contributed by atoms with Gasteiger partial charge >= 0.3 is 0 Å². The molecule has 0 bridgehead atoms. The van der Waals surface area contributed by atoms with E-state index in [2.05, 4.69) is 5.32 Å². The van der Waals surface area contributed by atoms with Crippen LogP contribution in [0, 0.1) is 6.92 Å². The number of carbonyl (C=O) groups excluding carboxylic acids is 2. The fraction of sp³-hybridized carbons (Fsp3) is 0.391. The lowest BCUT2D eigenvalue weighted by molar-refractivity contribution is -0.142. The van der Waals surface area contributed by atoms with Crippen LogP contribution in [0.1, 0.15) is 42.9 Å². The minimum atomic E-state index is -0.563. The zero-order chi connectivity index (χ0) is 19.8. The number of nitrogens with one attached hydrogen (secondary N) is 1. The molecule has 1 fully saturated rings. The quantitative estimate of drug-likeness (QED) is 0.712. The van der Waals surface area contributed by atoms with E-state index in [0.717, 1.165) is 29.7 Å². The van der Waals surface area contributed by atoms with E-state index in [1.54, 1.807) is 4.90 Å². The largest absolute Gasteiger partial charge is 0.494 e. The van der Waals surface area contributed by atoms with Crippen molar-refractivity contribution in [3.63, 3.8) is 0 Å². The highest BCUT2D eigenvalue weighted by molar-refractivity contribution is 5.89. The van der Waals surface area contributed by atoms with Crippen LogP contribution in [0.3, 0.4) is 0 Å². The summed E-state index contributed by atoms with van der Waals surface area (Å²) in [6, 6.07) is 16.9. The molecule has 2 amide bonds. The maximum absolute atomic E-state index is 12.9. The van der Waals surface area contributed by atoms with Gasteiger partial charge in [0.25, 0.3) is 0 Å². The molecule has 2 aromatic rings. The Kier molecular flexibility index (Phi) is 7.06. The molecular weight excluding hydrogens is 352 g/mol. The summed E-state index contributed by atoms with van der Waals surface area (Å²) < 4.78 is 5.73. The monoisotopic (exact) mass is 380 g/mol. The van der Waals surface area contributed by atoms with Crippen molar-refractivity contribution in [2.75, 3.05) is 19.7 Å². The standard InChI is InChI=1S/C23H28N2O3/c1-18-9-7-12-20(17-18)28-16-8-14-24-23(27)22(19-10-3-2-4-11-19)25-15-6-5-13-21(25)26/h2-4,7,9-12,17,22H,5-6,8,13-16H2,1H3,(H,24,27). The second-order valence-electron chi connectivity index (χ2n) is 7.17. The summed E-state index contributed by atoms with van der Waals surface area (Å²) in [5.74, 6) is 0.766. The van der Waals surface area contributed by atoms with Crippen molar-refractivity contribution < 1.29 is 14.3 Å². The molecule has 1 N–H and O–H groups in total. The Hall–Kier alpha value is -2.82. The van der Waals surface area contributed by atoms with Gasteiger partial charge in [0, 0.05) is 19.5 Å². The highest BCUT2D eigenvalue weighted by atomic mass is 16.5. The zero-order valence-corrected chi connectivity index (χ0v) is 16.4. The fourth-order valence-corrected chi connectivity index (χ4v) is 3.48. The Labute approximate surface area is 166 Å². The first-order valence-electron chi connectivity index (χ1n) is 9.97. The van der Waals surface area contributed by atoms with Gasteiger partial charge in [0.05, 0.1) is 6.61 Å². The average Bonchev–Trinajstić information content (AvgIpc) is 2.70. The molecule has 0 aromatic heterocycles. The smallest absolute Gasteiger partial charge is 0.247 e. The first kappa shape index (κ1) is 19.9. The lowest BCUT2D eigenvalue weighted by Crippen LogP contribution is -2.46. The van der Waals surface area contributed by atoms with Gasteiger partial charge in [-0.3, -0.25) is 9.59 Å². The molecule has 1 aliphatic rings. The number of piperidine rings is 1. The highest BCUT2D eigenvalue weighted by Crippen LogP contribution is 2.25. The lowest BCUT2D eigenvalue weighted by atomic mass is 10.0. The van der Waals surface area contributed by atoms with Gasteiger partial charge in [-0.15, -0.1) is 0 Å². The second-order valence-corrected chi connectivity index (χ2v) is 7.17. The summed E-state index contributed by atoms with van der Waals surface area (Å²) in [6.45, 7) is 3.69. The molecule has 148 valence electrons. The number of hydrogen-bond donors (Lipinski definition) is 1. The van der Waals surface area contributed by atoms with Crippen LogP contribution >= 0.6 is 0 Å². The Morgan fingerprint density at radius 3 is 2.71 bits per heavy atom. The van der Waals surface area contributed by atoms with Gasteiger partial charge in [0.15, 0.2) is 0 Å². The summed E-state index contributed by atoms with van der Waals surface area (Å²) in [7, 11) is 0. The van der Waals surface area contributed by atoms with Crippen molar-refractivity contribution in [1.29, 1.82) is 0 Å². The maximum Gasteiger partial charge on any atom is 0.247 e. The van der Waals surface area contributed by atoms with Gasteiger partial charge < -0.3 is 15.0 Å². The minimum Gasteiger partial charge on any atom is -0.494 e. The van der Waals surface area contributed by atoms with Gasteiger partial charge in [-0.25, -0.2) is 0 Å². The summed E-state index contributed by atoms with van der Waals surface area (Å²) in [6.07, 6.45) is 3.05. The third kappa shape index (κ3) is 5.35. The van der Waals surface area contributed by atoms with Gasteiger partial charge in [-0.2, -0.15) is 0 Å². The topological polar surface area (TPSA) is 58.6 Å². The normalized spacial score (nSPS) is 15.2. The molecule has 0 saturated carbocycles. The van der Waals surface area contributed by atoms with Crippen molar-refractivity contribution in [3.8, 4) is 5.75 Å². The minimum absolute atomic E-state index is 0.0537. The maximum atomic E-state index is 12.9. The molecule has 0 spiro atoms. The van der Waals surface area contributed by atoms with Crippen LogP contribution in [0.5, 0.6) is 5.75 Å². The summed E-state index contributed by atoms with van der Waals surface area (Å²) in [4.78, 5) is 27.0. The first-order chi connectivity index (χ1) is 13.6. The van der Waals surface area contributed by atoms with Crippen molar-refractivity contribution in [1.82, 2.24) is 10.2 Å². The predicted octanol–water partition coefficient (Wildman–Crippen LogP) is 3.63. The molecule has 1 heterocycles. The van der Waals surface area contributed by atoms with E-state index in [1.807, 2.05) is 61.5 Å². The van der Waals surface area contributed by atoms with E-state index < -0.39 is 6.04 Å². The third-order valence-corrected chi connectivity index (χ3v) is 4.91. The van der Waals surface area contributed by atoms with E-state index in [1.165, 1.54) is 0 Å². The van der Waals surface area contributed by atoms with Crippen molar-refractivity contribution in [3.05, 3.63) is 65.7 Å². The zero-order valence-electron chi connectivity index (χ0n) is 16.4. The second kappa shape index (κ2) is 9.93. The van der Waals surface area contributed by atoms with Gasteiger partial charge in [0.1, 0.15) is 11.8 Å². The Bertz CT molecular complexity index is 791. The molecule has 5 nitrogen and oxygen atoms in total. The lowest BCUT2D eigenvalue weighted by Gasteiger charge is -2.34. The first-order valence-corrected chi connectivity index (χ1v) is 9.97.